The Morgan fingerprint density at radius 1 is 1.05 bits per heavy atom. The van der Waals surface area contributed by atoms with Gasteiger partial charge < -0.3 is 10.6 Å². The highest BCUT2D eigenvalue weighted by molar-refractivity contribution is 6.01. The number of nitrogen functional groups attached to an aromatic ring is 1. The first-order valence-electron chi connectivity index (χ1n) is 6.59. The maximum atomic E-state index is 6.03. The highest BCUT2D eigenvalue weighted by Crippen LogP contribution is 2.33. The van der Waals surface area contributed by atoms with E-state index in [0.29, 0.717) is 0 Å². The molecule has 0 fully saturated rings. The molecule has 0 radical (unpaired) electrons. The lowest BCUT2D eigenvalue weighted by Crippen LogP contribution is -2.10. The molecule has 2 N–H and O–H groups in total. The summed E-state index contributed by atoms with van der Waals surface area (Å²) in [6.07, 6.45) is 3.62. The fourth-order valence-corrected chi connectivity index (χ4v) is 2.46. The molecule has 1 heterocycles. The van der Waals surface area contributed by atoms with Gasteiger partial charge in [-0.3, -0.25) is 4.98 Å². The number of pyridine rings is 1. The van der Waals surface area contributed by atoms with E-state index in [9.17, 15) is 0 Å². The predicted molar refractivity (Wildman–Crippen MR) is 85.4 cm³/mol. The first kappa shape index (κ1) is 12.5. The maximum absolute atomic E-state index is 6.03. The molecule has 0 unspecified atom stereocenters. The van der Waals surface area contributed by atoms with E-state index in [1.165, 1.54) is 5.56 Å². The average Bonchev–Trinajstić information content (AvgIpc) is 2.47. The van der Waals surface area contributed by atoms with Crippen molar-refractivity contribution in [3.63, 3.8) is 0 Å². The van der Waals surface area contributed by atoms with Crippen molar-refractivity contribution in [1.29, 1.82) is 0 Å². The van der Waals surface area contributed by atoms with Gasteiger partial charge >= 0.3 is 0 Å². The van der Waals surface area contributed by atoms with Crippen LogP contribution in [-0.2, 0) is 0 Å². The Labute approximate surface area is 118 Å². The number of nitrogens with zero attached hydrogens (tertiary/aromatic N) is 2. The lowest BCUT2D eigenvalue weighted by atomic mass is 10.1. The molecule has 3 heteroatoms. The number of anilines is 3. The molecule has 0 bridgehead atoms. The van der Waals surface area contributed by atoms with Crippen LogP contribution in [-0.4, -0.2) is 12.0 Å². The Morgan fingerprint density at radius 2 is 1.90 bits per heavy atom. The number of rotatable bonds is 2. The van der Waals surface area contributed by atoms with Crippen molar-refractivity contribution in [3.05, 3.63) is 60.4 Å². The van der Waals surface area contributed by atoms with E-state index < -0.39 is 0 Å². The lowest BCUT2D eigenvalue weighted by molar-refractivity contribution is 1.21. The molecular weight excluding hydrogens is 246 g/mol. The summed E-state index contributed by atoms with van der Waals surface area (Å²) in [7, 11) is 2.07. The van der Waals surface area contributed by atoms with Crippen LogP contribution in [0.1, 0.15) is 5.56 Å². The lowest BCUT2D eigenvalue weighted by Gasteiger charge is -2.22. The Bertz CT molecular complexity index is 765. The molecule has 0 spiro atoms. The molecule has 0 saturated carbocycles. The molecule has 0 aliphatic rings. The molecule has 0 aliphatic heterocycles. The van der Waals surface area contributed by atoms with E-state index in [0.717, 1.165) is 27.8 Å². The molecule has 0 amide bonds. The van der Waals surface area contributed by atoms with Gasteiger partial charge in [0, 0.05) is 47.3 Å². The van der Waals surface area contributed by atoms with E-state index >= 15 is 0 Å². The number of aryl methyl sites for hydroxylation is 1. The van der Waals surface area contributed by atoms with Crippen LogP contribution in [0, 0.1) is 6.92 Å². The van der Waals surface area contributed by atoms with Crippen LogP contribution in [0.4, 0.5) is 17.1 Å². The van der Waals surface area contributed by atoms with E-state index in [1.807, 2.05) is 18.3 Å². The zero-order chi connectivity index (χ0) is 14.1. The third kappa shape index (κ3) is 2.07. The minimum atomic E-state index is 0.759. The monoisotopic (exact) mass is 263 g/mol. The Morgan fingerprint density at radius 3 is 2.70 bits per heavy atom. The Hall–Kier alpha value is -2.55. The molecule has 20 heavy (non-hydrogen) atoms. The van der Waals surface area contributed by atoms with Crippen molar-refractivity contribution in [2.75, 3.05) is 17.7 Å². The maximum Gasteiger partial charge on any atom is 0.0490 e. The summed E-state index contributed by atoms with van der Waals surface area (Å²) in [4.78, 5) is 6.34. The number of aromatic nitrogens is 1. The minimum absolute atomic E-state index is 0.759. The molecular formula is C17H17N3. The number of hydrogen-bond donors (Lipinski definition) is 1. The minimum Gasteiger partial charge on any atom is -0.398 e. The van der Waals surface area contributed by atoms with Crippen LogP contribution < -0.4 is 10.6 Å². The molecule has 1 aromatic heterocycles. The van der Waals surface area contributed by atoms with Crippen molar-refractivity contribution in [1.82, 2.24) is 4.98 Å². The zero-order valence-electron chi connectivity index (χ0n) is 11.7. The Balaban J connectivity index is 2.17. The smallest absolute Gasteiger partial charge is 0.0490 e. The molecule has 0 aliphatic carbocycles. The number of fused-ring (bicyclic) bond motifs is 1. The molecule has 2 aromatic carbocycles. The third-order valence-electron chi connectivity index (χ3n) is 3.58. The summed E-state index contributed by atoms with van der Waals surface area (Å²) in [6, 6.07) is 14.4. The molecule has 3 aromatic rings. The fraction of sp³-hybridized carbons (Fsp3) is 0.118. The second kappa shape index (κ2) is 4.85. The summed E-state index contributed by atoms with van der Waals surface area (Å²) in [6.45, 7) is 2.10. The quantitative estimate of drug-likeness (QED) is 0.713. The second-order valence-corrected chi connectivity index (χ2v) is 4.99. The van der Waals surface area contributed by atoms with Gasteiger partial charge in [-0.05, 0) is 42.8 Å². The van der Waals surface area contributed by atoms with Crippen LogP contribution in [0.3, 0.4) is 0 Å². The number of nitrogens with two attached hydrogens (primary N) is 1. The van der Waals surface area contributed by atoms with Gasteiger partial charge in [0.1, 0.15) is 0 Å². The first-order valence-corrected chi connectivity index (χ1v) is 6.59. The van der Waals surface area contributed by atoms with E-state index in [4.69, 9.17) is 5.73 Å². The van der Waals surface area contributed by atoms with E-state index in [1.54, 1.807) is 6.20 Å². The second-order valence-electron chi connectivity index (χ2n) is 4.99. The molecule has 0 atom stereocenters. The summed E-state index contributed by atoms with van der Waals surface area (Å²) in [5.41, 5.74) is 10.3. The topological polar surface area (TPSA) is 42.1 Å². The summed E-state index contributed by atoms with van der Waals surface area (Å²) in [5, 5.41) is 2.11. The van der Waals surface area contributed by atoms with Gasteiger partial charge in [-0.1, -0.05) is 12.1 Å². The number of benzene rings is 2. The third-order valence-corrected chi connectivity index (χ3v) is 3.58. The van der Waals surface area contributed by atoms with Crippen molar-refractivity contribution >= 4 is 27.8 Å². The average molecular weight is 263 g/mol. The summed E-state index contributed by atoms with van der Waals surface area (Å²) < 4.78 is 0. The van der Waals surface area contributed by atoms with Gasteiger partial charge in [0.2, 0.25) is 0 Å². The highest BCUT2D eigenvalue weighted by Gasteiger charge is 2.09. The molecule has 0 saturated heterocycles. The SMILES string of the molecule is Cc1cccc(N(C)c2ccc(N)c3cnccc23)c1. The van der Waals surface area contributed by atoms with Crippen LogP contribution in [0.5, 0.6) is 0 Å². The Kier molecular flexibility index (Phi) is 3.03. The van der Waals surface area contributed by atoms with Gasteiger partial charge in [0.15, 0.2) is 0 Å². The van der Waals surface area contributed by atoms with E-state index in [-0.39, 0.29) is 0 Å². The van der Waals surface area contributed by atoms with Crippen molar-refractivity contribution in [3.8, 4) is 0 Å². The van der Waals surface area contributed by atoms with Crippen LogP contribution >= 0.6 is 0 Å². The highest BCUT2D eigenvalue weighted by atomic mass is 15.1. The van der Waals surface area contributed by atoms with Crippen molar-refractivity contribution in [2.45, 2.75) is 6.92 Å². The normalized spacial score (nSPS) is 10.7. The summed E-state index contributed by atoms with van der Waals surface area (Å²) >= 11 is 0. The predicted octanol–water partition coefficient (Wildman–Crippen LogP) is 3.89. The molecule has 100 valence electrons. The summed E-state index contributed by atoms with van der Waals surface area (Å²) in [5.74, 6) is 0. The fourth-order valence-electron chi connectivity index (χ4n) is 2.46. The molecule has 3 nitrogen and oxygen atoms in total. The van der Waals surface area contributed by atoms with Crippen molar-refractivity contribution in [2.24, 2.45) is 0 Å². The van der Waals surface area contributed by atoms with Crippen LogP contribution in [0.15, 0.2) is 54.9 Å². The van der Waals surface area contributed by atoms with Gasteiger partial charge in [-0.25, -0.2) is 0 Å². The molecule has 3 rings (SSSR count). The van der Waals surface area contributed by atoms with Gasteiger partial charge in [-0.15, -0.1) is 0 Å². The van der Waals surface area contributed by atoms with Gasteiger partial charge in [0.25, 0.3) is 0 Å². The van der Waals surface area contributed by atoms with Gasteiger partial charge in [-0.2, -0.15) is 0 Å². The standard InChI is InChI=1S/C17H17N3/c1-12-4-3-5-13(10-12)20(2)17-7-6-16(18)15-11-19-9-8-14(15)17/h3-11H,18H2,1-2H3. The largest absolute Gasteiger partial charge is 0.398 e. The number of hydrogen-bond acceptors (Lipinski definition) is 3. The van der Waals surface area contributed by atoms with Crippen molar-refractivity contribution < 1.29 is 0 Å². The van der Waals surface area contributed by atoms with E-state index in [2.05, 4.69) is 54.2 Å². The van der Waals surface area contributed by atoms with Crippen LogP contribution in [0.25, 0.3) is 10.8 Å². The van der Waals surface area contributed by atoms with Crippen LogP contribution in [0.2, 0.25) is 0 Å². The van der Waals surface area contributed by atoms with Gasteiger partial charge in [0.05, 0.1) is 0 Å². The zero-order valence-corrected chi connectivity index (χ0v) is 11.7. The first-order chi connectivity index (χ1) is 9.66.